The van der Waals surface area contributed by atoms with Crippen LogP contribution < -0.4 is 4.74 Å². The van der Waals surface area contributed by atoms with Gasteiger partial charge >= 0.3 is 5.97 Å². The zero-order valence-corrected chi connectivity index (χ0v) is 21.8. The standard InChI is InChI=1S/C32H36O5/c1-3-5-7-9-11-21-13-16-27-30(24(21)12-10-8-6-4-2)31(35)37-32(27)25-17-14-22(33)19-28(25)36-29-20-23(34)15-18-26(29)32/h13-20,33-34H,3-12H2,1-2H3. The highest BCUT2D eigenvalue weighted by molar-refractivity contribution is 5.99. The third kappa shape index (κ3) is 4.45. The van der Waals surface area contributed by atoms with Crippen LogP contribution in [0, 0.1) is 0 Å². The minimum absolute atomic E-state index is 0.0566. The Labute approximate surface area is 219 Å². The molecular weight excluding hydrogens is 464 g/mol. The van der Waals surface area contributed by atoms with E-state index in [1.54, 1.807) is 24.3 Å². The van der Waals surface area contributed by atoms with E-state index in [1.807, 2.05) is 6.07 Å². The number of aryl methyl sites for hydroxylation is 1. The summed E-state index contributed by atoms with van der Waals surface area (Å²) in [5.41, 5.74) is 3.97. The highest BCUT2D eigenvalue weighted by Gasteiger charge is 2.54. The van der Waals surface area contributed by atoms with Crippen molar-refractivity contribution in [3.63, 3.8) is 0 Å². The maximum absolute atomic E-state index is 13.8. The second-order valence-electron chi connectivity index (χ2n) is 10.3. The Balaban J connectivity index is 1.67. The molecule has 0 aromatic heterocycles. The summed E-state index contributed by atoms with van der Waals surface area (Å²) < 4.78 is 12.5. The van der Waals surface area contributed by atoms with Crippen molar-refractivity contribution in [3.05, 3.63) is 81.9 Å². The van der Waals surface area contributed by atoms with Crippen LogP contribution in [0.5, 0.6) is 23.0 Å². The predicted octanol–water partition coefficient (Wildman–Crippen LogP) is 7.91. The van der Waals surface area contributed by atoms with E-state index >= 15 is 0 Å². The molecule has 0 amide bonds. The van der Waals surface area contributed by atoms with Crippen LogP contribution in [0.1, 0.15) is 103 Å². The van der Waals surface area contributed by atoms with Crippen LogP contribution in [-0.2, 0) is 23.2 Å². The molecule has 37 heavy (non-hydrogen) atoms. The summed E-state index contributed by atoms with van der Waals surface area (Å²) in [6, 6.07) is 14.0. The van der Waals surface area contributed by atoms with E-state index in [9.17, 15) is 15.0 Å². The summed E-state index contributed by atoms with van der Waals surface area (Å²) in [5, 5.41) is 20.3. The smallest absolute Gasteiger partial charge is 0.340 e. The van der Waals surface area contributed by atoms with Gasteiger partial charge in [-0.2, -0.15) is 0 Å². The molecule has 0 fully saturated rings. The van der Waals surface area contributed by atoms with E-state index in [4.69, 9.17) is 9.47 Å². The number of phenolic OH excluding ortho intramolecular Hbond substituents is 2. The molecule has 0 unspecified atom stereocenters. The Morgan fingerprint density at radius 2 is 1.27 bits per heavy atom. The lowest BCUT2D eigenvalue weighted by atomic mass is 9.76. The molecule has 1 spiro atoms. The SMILES string of the molecule is CCCCCCc1ccc2c(c1CCCCCC)C(=O)OC21c2ccc(O)cc2Oc2cc(O)ccc21. The highest BCUT2D eigenvalue weighted by Crippen LogP contribution is 2.57. The van der Waals surface area contributed by atoms with Gasteiger partial charge in [-0.05, 0) is 61.1 Å². The minimum Gasteiger partial charge on any atom is -0.508 e. The molecule has 3 aromatic carbocycles. The number of phenols is 2. The first-order valence-corrected chi connectivity index (χ1v) is 13.7. The number of rotatable bonds is 10. The summed E-state index contributed by atoms with van der Waals surface area (Å²) in [7, 11) is 0. The summed E-state index contributed by atoms with van der Waals surface area (Å²) in [5.74, 6) is 0.608. The van der Waals surface area contributed by atoms with E-state index in [0.29, 0.717) is 28.2 Å². The van der Waals surface area contributed by atoms with Crippen LogP contribution >= 0.6 is 0 Å². The predicted molar refractivity (Wildman–Crippen MR) is 144 cm³/mol. The zero-order valence-electron chi connectivity index (χ0n) is 21.8. The van der Waals surface area contributed by atoms with Gasteiger partial charge in [0.1, 0.15) is 23.0 Å². The number of ether oxygens (including phenoxy) is 2. The molecule has 5 rings (SSSR count). The lowest BCUT2D eigenvalue weighted by Crippen LogP contribution is -2.32. The third-order valence-corrected chi connectivity index (χ3v) is 7.73. The number of aromatic hydroxyl groups is 2. The van der Waals surface area contributed by atoms with E-state index in [-0.39, 0.29) is 17.5 Å². The fourth-order valence-electron chi connectivity index (χ4n) is 5.89. The first-order chi connectivity index (χ1) is 18.0. The van der Waals surface area contributed by atoms with Crippen molar-refractivity contribution in [2.75, 3.05) is 0 Å². The van der Waals surface area contributed by atoms with Gasteiger partial charge in [0.25, 0.3) is 0 Å². The number of benzene rings is 3. The lowest BCUT2D eigenvalue weighted by Gasteiger charge is -2.36. The van der Waals surface area contributed by atoms with Crippen LogP contribution in [0.4, 0.5) is 0 Å². The quantitative estimate of drug-likeness (QED) is 0.218. The average Bonchev–Trinajstić information content (AvgIpc) is 3.17. The summed E-state index contributed by atoms with van der Waals surface area (Å²) >= 11 is 0. The molecule has 0 saturated heterocycles. The Kier molecular flexibility index (Phi) is 7.14. The molecule has 3 aromatic rings. The molecule has 0 radical (unpaired) electrons. The van der Waals surface area contributed by atoms with Crippen molar-refractivity contribution < 1.29 is 24.5 Å². The number of unbranched alkanes of at least 4 members (excludes halogenated alkanes) is 6. The summed E-state index contributed by atoms with van der Waals surface area (Å²) in [4.78, 5) is 13.8. The number of esters is 1. The molecular formula is C32H36O5. The monoisotopic (exact) mass is 500 g/mol. The molecule has 194 valence electrons. The maximum atomic E-state index is 13.8. The van der Waals surface area contributed by atoms with Crippen LogP contribution in [0.25, 0.3) is 0 Å². The summed E-state index contributed by atoms with van der Waals surface area (Å²) in [6.07, 6.45) is 11.0. The molecule has 0 aliphatic carbocycles. The average molecular weight is 501 g/mol. The Morgan fingerprint density at radius 1 is 0.703 bits per heavy atom. The van der Waals surface area contributed by atoms with E-state index in [0.717, 1.165) is 49.7 Å². The minimum atomic E-state index is -1.20. The van der Waals surface area contributed by atoms with Crippen molar-refractivity contribution in [2.45, 2.75) is 83.7 Å². The largest absolute Gasteiger partial charge is 0.508 e. The van der Waals surface area contributed by atoms with Gasteiger partial charge in [-0.25, -0.2) is 4.79 Å². The van der Waals surface area contributed by atoms with Crippen molar-refractivity contribution in [1.82, 2.24) is 0 Å². The Hall–Kier alpha value is -3.47. The van der Waals surface area contributed by atoms with E-state index in [1.165, 1.54) is 43.4 Å². The molecule has 2 N–H and O–H groups in total. The first-order valence-electron chi connectivity index (χ1n) is 13.7. The van der Waals surface area contributed by atoms with Crippen molar-refractivity contribution in [1.29, 1.82) is 0 Å². The van der Waals surface area contributed by atoms with Gasteiger partial charge in [0.2, 0.25) is 0 Å². The van der Waals surface area contributed by atoms with E-state index < -0.39 is 5.60 Å². The van der Waals surface area contributed by atoms with E-state index in [2.05, 4.69) is 19.9 Å². The molecule has 2 aliphatic heterocycles. The van der Waals surface area contributed by atoms with Crippen molar-refractivity contribution in [3.8, 4) is 23.0 Å². The highest BCUT2D eigenvalue weighted by atomic mass is 16.6. The number of carbonyl (C=O) groups excluding carboxylic acids is 1. The van der Waals surface area contributed by atoms with Crippen molar-refractivity contribution in [2.24, 2.45) is 0 Å². The molecule has 2 aliphatic rings. The summed E-state index contributed by atoms with van der Waals surface area (Å²) in [6.45, 7) is 4.42. The first kappa shape index (κ1) is 25.2. The zero-order chi connectivity index (χ0) is 26.0. The second kappa shape index (κ2) is 10.5. The Bertz CT molecular complexity index is 1260. The van der Waals surface area contributed by atoms with Gasteiger partial charge in [0.05, 0.1) is 5.56 Å². The fourth-order valence-corrected chi connectivity index (χ4v) is 5.89. The van der Waals surface area contributed by atoms with Crippen LogP contribution in [0.3, 0.4) is 0 Å². The lowest BCUT2D eigenvalue weighted by molar-refractivity contribution is 0.0223. The topological polar surface area (TPSA) is 76.0 Å². The molecule has 0 bridgehead atoms. The van der Waals surface area contributed by atoms with Gasteiger partial charge in [-0.15, -0.1) is 0 Å². The molecule has 5 nitrogen and oxygen atoms in total. The van der Waals surface area contributed by atoms with Gasteiger partial charge < -0.3 is 19.7 Å². The Morgan fingerprint density at radius 3 is 1.86 bits per heavy atom. The number of fused-ring (bicyclic) bond motifs is 6. The van der Waals surface area contributed by atoms with Crippen molar-refractivity contribution >= 4 is 5.97 Å². The number of hydrogen-bond donors (Lipinski definition) is 2. The number of hydrogen-bond acceptors (Lipinski definition) is 5. The molecule has 2 heterocycles. The normalized spacial score (nSPS) is 14.6. The van der Waals surface area contributed by atoms with Gasteiger partial charge in [-0.3, -0.25) is 0 Å². The maximum Gasteiger partial charge on any atom is 0.340 e. The van der Waals surface area contributed by atoms with Crippen LogP contribution in [0.15, 0.2) is 48.5 Å². The van der Waals surface area contributed by atoms with Gasteiger partial charge in [0, 0.05) is 28.8 Å². The molecule has 0 saturated carbocycles. The molecule has 0 atom stereocenters. The van der Waals surface area contributed by atoms with Crippen LogP contribution in [0.2, 0.25) is 0 Å². The van der Waals surface area contributed by atoms with Gasteiger partial charge in [0.15, 0.2) is 5.60 Å². The van der Waals surface area contributed by atoms with Gasteiger partial charge in [-0.1, -0.05) is 64.5 Å². The third-order valence-electron chi connectivity index (χ3n) is 7.73. The van der Waals surface area contributed by atoms with Crippen LogP contribution in [-0.4, -0.2) is 16.2 Å². The second-order valence-corrected chi connectivity index (χ2v) is 10.3. The fraction of sp³-hybridized carbons (Fsp3) is 0.406. The molecule has 5 heteroatoms. The number of carbonyl (C=O) groups is 1.